The van der Waals surface area contributed by atoms with Crippen LogP contribution >= 0.6 is 11.6 Å². The van der Waals surface area contributed by atoms with E-state index in [1.807, 2.05) is 0 Å². The highest BCUT2D eigenvalue weighted by Crippen LogP contribution is 2.33. The van der Waals surface area contributed by atoms with Gasteiger partial charge in [0.05, 0.1) is 10.6 Å². The predicted molar refractivity (Wildman–Crippen MR) is 88.2 cm³/mol. The van der Waals surface area contributed by atoms with E-state index in [1.165, 1.54) is 0 Å². The molecule has 0 aliphatic carbocycles. The van der Waals surface area contributed by atoms with Crippen LogP contribution in [0, 0.1) is 0 Å². The summed E-state index contributed by atoms with van der Waals surface area (Å²) in [4.78, 5) is 12.3. The molecule has 1 amide bonds. The lowest BCUT2D eigenvalue weighted by atomic mass is 9.94. The number of ether oxygens (including phenoxy) is 1. The van der Waals surface area contributed by atoms with Gasteiger partial charge in [-0.05, 0) is 31.4 Å². The number of rotatable bonds is 8. The molecule has 0 radical (unpaired) electrons. The SMILES string of the molecule is C=CCNC(=O)c1c(Cl)cccc1OC(CC)(CC)CC. The Morgan fingerprint density at radius 1 is 1.33 bits per heavy atom. The van der Waals surface area contributed by atoms with Gasteiger partial charge in [-0.15, -0.1) is 6.58 Å². The van der Waals surface area contributed by atoms with Gasteiger partial charge in [0.1, 0.15) is 11.4 Å². The summed E-state index contributed by atoms with van der Waals surface area (Å²) >= 11 is 6.19. The van der Waals surface area contributed by atoms with E-state index in [1.54, 1.807) is 24.3 Å². The molecule has 0 aliphatic heterocycles. The molecule has 1 aromatic carbocycles. The highest BCUT2D eigenvalue weighted by Gasteiger charge is 2.28. The maximum atomic E-state index is 12.3. The van der Waals surface area contributed by atoms with Gasteiger partial charge in [-0.2, -0.15) is 0 Å². The van der Waals surface area contributed by atoms with Crippen LogP contribution < -0.4 is 10.1 Å². The minimum absolute atomic E-state index is 0.243. The lowest BCUT2D eigenvalue weighted by Gasteiger charge is -2.32. The lowest BCUT2D eigenvalue weighted by molar-refractivity contribution is 0.0545. The number of hydrogen-bond acceptors (Lipinski definition) is 2. The second kappa shape index (κ2) is 8.08. The van der Waals surface area contributed by atoms with E-state index in [2.05, 4.69) is 32.7 Å². The van der Waals surface area contributed by atoms with E-state index in [4.69, 9.17) is 16.3 Å². The quantitative estimate of drug-likeness (QED) is 0.712. The first-order valence-electron chi connectivity index (χ1n) is 7.40. The van der Waals surface area contributed by atoms with Crippen molar-refractivity contribution in [3.8, 4) is 5.75 Å². The molecule has 0 fully saturated rings. The fraction of sp³-hybridized carbons (Fsp3) is 0.471. The van der Waals surface area contributed by atoms with Crippen LogP contribution in [0.5, 0.6) is 5.75 Å². The zero-order chi connectivity index (χ0) is 15.9. The standard InChI is InChI=1S/C17H24ClNO2/c1-5-12-19-16(20)15-13(18)10-9-11-14(15)21-17(6-2,7-3)8-4/h5,9-11H,1,6-8,12H2,2-4H3,(H,19,20). The summed E-state index contributed by atoms with van der Waals surface area (Å²) < 4.78 is 6.19. The molecule has 0 aromatic heterocycles. The average Bonchev–Trinajstić information content (AvgIpc) is 2.50. The van der Waals surface area contributed by atoms with Crippen molar-refractivity contribution in [1.82, 2.24) is 5.32 Å². The second-order valence-electron chi connectivity index (χ2n) is 4.96. The van der Waals surface area contributed by atoms with E-state index >= 15 is 0 Å². The van der Waals surface area contributed by atoms with Crippen molar-refractivity contribution in [2.24, 2.45) is 0 Å². The molecule has 116 valence electrons. The van der Waals surface area contributed by atoms with Crippen LogP contribution in [-0.4, -0.2) is 18.1 Å². The molecule has 3 nitrogen and oxygen atoms in total. The van der Waals surface area contributed by atoms with Gasteiger partial charge in [0, 0.05) is 6.54 Å². The Morgan fingerprint density at radius 3 is 2.48 bits per heavy atom. The van der Waals surface area contributed by atoms with E-state index in [0.717, 1.165) is 19.3 Å². The van der Waals surface area contributed by atoms with Crippen LogP contribution in [0.15, 0.2) is 30.9 Å². The summed E-state index contributed by atoms with van der Waals surface area (Å²) in [6.45, 7) is 10.3. The summed E-state index contributed by atoms with van der Waals surface area (Å²) in [5.74, 6) is 0.294. The Labute approximate surface area is 132 Å². The first-order chi connectivity index (χ1) is 10.0. The van der Waals surface area contributed by atoms with Crippen LogP contribution in [0.1, 0.15) is 50.4 Å². The number of hydrogen-bond donors (Lipinski definition) is 1. The number of halogens is 1. The third-order valence-corrected chi connectivity index (χ3v) is 4.18. The van der Waals surface area contributed by atoms with E-state index in [9.17, 15) is 4.79 Å². The van der Waals surface area contributed by atoms with Crippen molar-refractivity contribution < 1.29 is 9.53 Å². The van der Waals surface area contributed by atoms with E-state index in [-0.39, 0.29) is 11.5 Å². The van der Waals surface area contributed by atoms with Crippen LogP contribution in [0.3, 0.4) is 0 Å². The van der Waals surface area contributed by atoms with E-state index in [0.29, 0.717) is 22.9 Å². The van der Waals surface area contributed by atoms with Crippen molar-refractivity contribution in [3.63, 3.8) is 0 Å². The summed E-state index contributed by atoms with van der Waals surface area (Å²) in [6.07, 6.45) is 4.25. The van der Waals surface area contributed by atoms with Gasteiger partial charge in [-0.25, -0.2) is 0 Å². The van der Waals surface area contributed by atoms with Gasteiger partial charge in [0.15, 0.2) is 0 Å². The number of carbonyl (C=O) groups excluding carboxylic acids is 1. The molecule has 0 atom stereocenters. The highest BCUT2D eigenvalue weighted by molar-refractivity contribution is 6.34. The Hall–Kier alpha value is -1.48. The molecule has 0 unspecified atom stereocenters. The molecular formula is C17H24ClNO2. The Morgan fingerprint density at radius 2 is 1.95 bits per heavy atom. The van der Waals surface area contributed by atoms with Gasteiger partial charge in [-0.3, -0.25) is 4.79 Å². The predicted octanol–water partition coefficient (Wildman–Crippen LogP) is 4.60. The number of benzene rings is 1. The fourth-order valence-electron chi connectivity index (χ4n) is 2.26. The smallest absolute Gasteiger partial charge is 0.256 e. The fourth-order valence-corrected chi connectivity index (χ4v) is 2.51. The zero-order valence-corrected chi connectivity index (χ0v) is 13.8. The van der Waals surface area contributed by atoms with Gasteiger partial charge >= 0.3 is 0 Å². The Balaban J connectivity index is 3.15. The van der Waals surface area contributed by atoms with Crippen molar-refractivity contribution in [2.45, 2.75) is 45.6 Å². The summed E-state index contributed by atoms with van der Waals surface area (Å²) in [5.41, 5.74) is 0.124. The molecule has 4 heteroatoms. The third-order valence-electron chi connectivity index (χ3n) is 3.87. The number of carbonyl (C=O) groups is 1. The number of nitrogens with one attached hydrogen (secondary N) is 1. The molecule has 0 saturated heterocycles. The monoisotopic (exact) mass is 309 g/mol. The van der Waals surface area contributed by atoms with Crippen LogP contribution in [-0.2, 0) is 0 Å². The van der Waals surface area contributed by atoms with Crippen LogP contribution in [0.25, 0.3) is 0 Å². The van der Waals surface area contributed by atoms with Crippen molar-refractivity contribution in [2.75, 3.05) is 6.54 Å². The summed E-state index contributed by atoms with van der Waals surface area (Å²) in [6, 6.07) is 5.29. The molecule has 21 heavy (non-hydrogen) atoms. The first kappa shape index (κ1) is 17.6. The van der Waals surface area contributed by atoms with Crippen molar-refractivity contribution in [1.29, 1.82) is 0 Å². The zero-order valence-electron chi connectivity index (χ0n) is 13.0. The normalized spacial score (nSPS) is 11.0. The summed E-state index contributed by atoms with van der Waals surface area (Å²) in [5, 5.41) is 3.14. The second-order valence-corrected chi connectivity index (χ2v) is 5.36. The molecule has 1 N–H and O–H groups in total. The average molecular weight is 310 g/mol. The third kappa shape index (κ3) is 4.24. The lowest BCUT2D eigenvalue weighted by Crippen LogP contribution is -2.35. The Bertz CT molecular complexity index is 487. The maximum absolute atomic E-state index is 12.3. The molecule has 1 rings (SSSR count). The molecule has 0 heterocycles. The van der Waals surface area contributed by atoms with Gasteiger partial charge in [0.25, 0.3) is 5.91 Å². The van der Waals surface area contributed by atoms with Crippen LogP contribution in [0.4, 0.5) is 0 Å². The first-order valence-corrected chi connectivity index (χ1v) is 7.78. The maximum Gasteiger partial charge on any atom is 0.256 e. The van der Waals surface area contributed by atoms with Gasteiger partial charge in [-0.1, -0.05) is 44.5 Å². The molecule has 1 aromatic rings. The van der Waals surface area contributed by atoms with Gasteiger partial charge < -0.3 is 10.1 Å². The topological polar surface area (TPSA) is 38.3 Å². The number of amides is 1. The molecule has 0 saturated carbocycles. The summed E-state index contributed by atoms with van der Waals surface area (Å²) in [7, 11) is 0. The molecule has 0 aliphatic rings. The Kier molecular flexibility index (Phi) is 6.76. The van der Waals surface area contributed by atoms with Crippen molar-refractivity contribution in [3.05, 3.63) is 41.4 Å². The van der Waals surface area contributed by atoms with Crippen LogP contribution in [0.2, 0.25) is 5.02 Å². The molecular weight excluding hydrogens is 286 g/mol. The largest absolute Gasteiger partial charge is 0.486 e. The highest BCUT2D eigenvalue weighted by atomic mass is 35.5. The van der Waals surface area contributed by atoms with E-state index < -0.39 is 0 Å². The van der Waals surface area contributed by atoms with Crippen molar-refractivity contribution >= 4 is 17.5 Å². The molecule has 0 bridgehead atoms. The minimum Gasteiger partial charge on any atom is -0.486 e. The minimum atomic E-state index is -0.266. The molecule has 0 spiro atoms. The van der Waals surface area contributed by atoms with Gasteiger partial charge in [0.2, 0.25) is 0 Å².